The van der Waals surface area contributed by atoms with Gasteiger partial charge in [0, 0.05) is 11.9 Å². The number of hydrogen-bond donors (Lipinski definition) is 1. The number of aryl methyl sites for hydroxylation is 2. The molecule has 0 saturated carbocycles. The summed E-state index contributed by atoms with van der Waals surface area (Å²) in [6, 6.07) is 8.56. The largest absolute Gasteiger partial charge is 0.372 e. The van der Waals surface area contributed by atoms with E-state index in [2.05, 4.69) is 76.0 Å². The van der Waals surface area contributed by atoms with Crippen molar-refractivity contribution in [2.24, 2.45) is 0 Å². The molecule has 20 heavy (non-hydrogen) atoms. The molecule has 3 nitrogen and oxygen atoms in total. The van der Waals surface area contributed by atoms with E-state index >= 15 is 0 Å². The van der Waals surface area contributed by atoms with E-state index in [-0.39, 0.29) is 0 Å². The summed E-state index contributed by atoms with van der Waals surface area (Å²) in [7, 11) is 1.90. The third kappa shape index (κ3) is 3.85. The van der Waals surface area contributed by atoms with E-state index in [1.807, 2.05) is 7.05 Å². The zero-order valence-corrected chi connectivity index (χ0v) is 14.9. The van der Waals surface area contributed by atoms with Crippen LogP contribution in [0.2, 0.25) is 0 Å². The van der Waals surface area contributed by atoms with Gasteiger partial charge in [0.25, 0.3) is 0 Å². The average Bonchev–Trinajstić information content (AvgIpc) is 2.47. The molecule has 0 amide bonds. The van der Waals surface area contributed by atoms with Gasteiger partial charge in [-0.1, -0.05) is 24.6 Å². The SMILES string of the molecule is CCc1nc(CSc2ccc(C)cc2)nc(NC)c1I. The van der Waals surface area contributed by atoms with Crippen LogP contribution in [0.5, 0.6) is 0 Å². The van der Waals surface area contributed by atoms with Crippen molar-refractivity contribution in [1.29, 1.82) is 0 Å². The van der Waals surface area contributed by atoms with Crippen LogP contribution in [-0.4, -0.2) is 17.0 Å². The highest BCUT2D eigenvalue weighted by Crippen LogP contribution is 2.24. The van der Waals surface area contributed by atoms with Gasteiger partial charge < -0.3 is 5.32 Å². The molecule has 5 heteroatoms. The van der Waals surface area contributed by atoms with Gasteiger partial charge in [-0.25, -0.2) is 9.97 Å². The second kappa shape index (κ2) is 7.26. The molecule has 0 fully saturated rings. The van der Waals surface area contributed by atoms with Gasteiger partial charge in [0.1, 0.15) is 11.6 Å². The van der Waals surface area contributed by atoms with Crippen LogP contribution < -0.4 is 5.32 Å². The first-order valence-electron chi connectivity index (χ1n) is 6.56. The van der Waals surface area contributed by atoms with Crippen molar-refractivity contribution >= 4 is 40.2 Å². The van der Waals surface area contributed by atoms with Crippen LogP contribution in [-0.2, 0) is 12.2 Å². The monoisotopic (exact) mass is 399 g/mol. The third-order valence-electron chi connectivity index (χ3n) is 2.93. The average molecular weight is 399 g/mol. The van der Waals surface area contributed by atoms with E-state index in [0.29, 0.717) is 0 Å². The Kier molecular flexibility index (Phi) is 5.65. The van der Waals surface area contributed by atoms with E-state index in [9.17, 15) is 0 Å². The first-order chi connectivity index (χ1) is 9.63. The van der Waals surface area contributed by atoms with Gasteiger partial charge in [-0.2, -0.15) is 0 Å². The Morgan fingerprint density at radius 1 is 1.20 bits per heavy atom. The zero-order chi connectivity index (χ0) is 14.5. The number of nitrogens with zero attached hydrogens (tertiary/aromatic N) is 2. The third-order valence-corrected chi connectivity index (χ3v) is 5.07. The molecular weight excluding hydrogens is 381 g/mol. The summed E-state index contributed by atoms with van der Waals surface area (Å²) in [5.74, 6) is 2.61. The Labute approximate surface area is 138 Å². The molecule has 0 aliphatic rings. The van der Waals surface area contributed by atoms with E-state index in [0.717, 1.165) is 33.1 Å². The minimum atomic E-state index is 0.793. The molecule has 0 atom stereocenters. The molecule has 0 aliphatic heterocycles. The number of benzene rings is 1. The highest BCUT2D eigenvalue weighted by Gasteiger charge is 2.10. The second-order valence-electron chi connectivity index (χ2n) is 4.45. The molecule has 0 radical (unpaired) electrons. The van der Waals surface area contributed by atoms with Crippen molar-refractivity contribution in [3.8, 4) is 0 Å². The molecule has 0 saturated heterocycles. The maximum absolute atomic E-state index is 4.65. The molecule has 2 rings (SSSR count). The molecule has 0 aliphatic carbocycles. The normalized spacial score (nSPS) is 10.6. The molecule has 1 N–H and O–H groups in total. The Bertz CT molecular complexity index is 559. The van der Waals surface area contributed by atoms with Crippen LogP contribution in [0.15, 0.2) is 29.2 Å². The number of nitrogens with one attached hydrogen (secondary N) is 1. The van der Waals surface area contributed by atoms with Crippen LogP contribution >= 0.6 is 34.4 Å². The second-order valence-corrected chi connectivity index (χ2v) is 6.58. The Balaban J connectivity index is 2.14. The maximum Gasteiger partial charge on any atom is 0.143 e. The Morgan fingerprint density at radius 2 is 1.90 bits per heavy atom. The minimum Gasteiger partial charge on any atom is -0.372 e. The van der Waals surface area contributed by atoms with Crippen molar-refractivity contribution in [3.05, 3.63) is 44.9 Å². The van der Waals surface area contributed by atoms with Gasteiger partial charge in [0.05, 0.1) is 15.0 Å². The Morgan fingerprint density at radius 3 is 2.50 bits per heavy atom. The van der Waals surface area contributed by atoms with Crippen molar-refractivity contribution in [3.63, 3.8) is 0 Å². The maximum atomic E-state index is 4.65. The molecule has 106 valence electrons. The number of hydrogen-bond acceptors (Lipinski definition) is 4. The summed E-state index contributed by atoms with van der Waals surface area (Å²) < 4.78 is 1.12. The van der Waals surface area contributed by atoms with Crippen molar-refractivity contribution in [2.45, 2.75) is 30.9 Å². The lowest BCUT2D eigenvalue weighted by Crippen LogP contribution is -2.06. The topological polar surface area (TPSA) is 37.8 Å². The summed E-state index contributed by atoms with van der Waals surface area (Å²) in [6.07, 6.45) is 0.928. The fourth-order valence-corrected chi connectivity index (χ4v) is 3.44. The van der Waals surface area contributed by atoms with Crippen LogP contribution in [0, 0.1) is 10.5 Å². The number of thioether (sulfide) groups is 1. The van der Waals surface area contributed by atoms with Gasteiger partial charge >= 0.3 is 0 Å². The summed E-state index contributed by atoms with van der Waals surface area (Å²) in [6.45, 7) is 4.23. The highest BCUT2D eigenvalue weighted by atomic mass is 127. The minimum absolute atomic E-state index is 0.793. The highest BCUT2D eigenvalue weighted by molar-refractivity contribution is 14.1. The summed E-state index contributed by atoms with van der Waals surface area (Å²) in [5, 5.41) is 3.15. The van der Waals surface area contributed by atoms with Crippen LogP contribution in [0.1, 0.15) is 24.0 Å². The molecule has 1 aromatic heterocycles. The number of anilines is 1. The van der Waals surface area contributed by atoms with Gasteiger partial charge in [0.15, 0.2) is 0 Å². The summed E-state index contributed by atoms with van der Waals surface area (Å²) >= 11 is 4.08. The predicted molar refractivity (Wildman–Crippen MR) is 94.4 cm³/mol. The molecule has 1 heterocycles. The lowest BCUT2D eigenvalue weighted by molar-refractivity contribution is 0.929. The lowest BCUT2D eigenvalue weighted by Gasteiger charge is -2.10. The van der Waals surface area contributed by atoms with Crippen LogP contribution in [0.3, 0.4) is 0 Å². The number of aromatic nitrogens is 2. The smallest absolute Gasteiger partial charge is 0.143 e. The fraction of sp³-hybridized carbons (Fsp3) is 0.333. The quantitative estimate of drug-likeness (QED) is 0.602. The van der Waals surface area contributed by atoms with E-state index in [1.165, 1.54) is 10.5 Å². The molecule has 2 aromatic rings. The molecular formula is C15H18IN3S. The van der Waals surface area contributed by atoms with Crippen molar-refractivity contribution in [1.82, 2.24) is 9.97 Å². The van der Waals surface area contributed by atoms with Gasteiger partial charge in [-0.3, -0.25) is 0 Å². The molecule has 0 unspecified atom stereocenters. The van der Waals surface area contributed by atoms with Crippen molar-refractivity contribution < 1.29 is 0 Å². The van der Waals surface area contributed by atoms with Gasteiger partial charge in [-0.05, 0) is 48.1 Å². The van der Waals surface area contributed by atoms with Crippen molar-refractivity contribution in [2.75, 3.05) is 12.4 Å². The van der Waals surface area contributed by atoms with Gasteiger partial charge in [0.2, 0.25) is 0 Å². The van der Waals surface area contributed by atoms with E-state index in [1.54, 1.807) is 11.8 Å². The summed E-state index contributed by atoms with van der Waals surface area (Å²) in [5.41, 5.74) is 2.40. The Hall–Kier alpha value is -0.820. The fourth-order valence-electron chi connectivity index (χ4n) is 1.79. The lowest BCUT2D eigenvalue weighted by atomic mass is 10.2. The van der Waals surface area contributed by atoms with Crippen LogP contribution in [0.4, 0.5) is 5.82 Å². The first kappa shape index (κ1) is 15.6. The summed E-state index contributed by atoms with van der Waals surface area (Å²) in [4.78, 5) is 10.5. The molecule has 0 bridgehead atoms. The van der Waals surface area contributed by atoms with E-state index in [4.69, 9.17) is 0 Å². The first-order valence-corrected chi connectivity index (χ1v) is 8.63. The predicted octanol–water partition coefficient (Wildman–Crippen LogP) is 4.29. The zero-order valence-electron chi connectivity index (χ0n) is 11.9. The molecule has 0 spiro atoms. The van der Waals surface area contributed by atoms with Crippen LogP contribution in [0.25, 0.3) is 0 Å². The van der Waals surface area contributed by atoms with E-state index < -0.39 is 0 Å². The number of halogens is 1. The number of rotatable bonds is 5. The van der Waals surface area contributed by atoms with Gasteiger partial charge in [-0.15, -0.1) is 11.8 Å². The standard InChI is InChI=1S/C15H18IN3S/c1-4-12-14(16)15(17-3)19-13(18-12)9-20-11-7-5-10(2)6-8-11/h5-8H,4,9H2,1-3H3,(H,17,18,19). The molecule has 1 aromatic carbocycles.